The molecule has 0 aliphatic heterocycles. The van der Waals surface area contributed by atoms with Crippen molar-refractivity contribution in [3.05, 3.63) is 60.9 Å². The zero-order chi connectivity index (χ0) is 24.4. The van der Waals surface area contributed by atoms with Gasteiger partial charge in [0.2, 0.25) is 0 Å². The summed E-state index contributed by atoms with van der Waals surface area (Å²) in [4.78, 5) is 0. The molecule has 0 bridgehead atoms. The van der Waals surface area contributed by atoms with Crippen LogP contribution in [0.3, 0.4) is 0 Å². The highest BCUT2D eigenvalue weighted by Crippen LogP contribution is 2.72. The maximum atomic E-state index is 1.93. The highest BCUT2D eigenvalue weighted by atomic mass is 14.6. The van der Waals surface area contributed by atoms with Crippen LogP contribution in [0.25, 0.3) is 81.0 Å². The third-order valence-electron chi connectivity index (χ3n) is 15.2. The Morgan fingerprint density at radius 3 is 1.73 bits per heavy atom. The van der Waals surface area contributed by atoms with Gasteiger partial charge in [0.1, 0.15) is 0 Å². The minimum Gasteiger partial charge on any atom is -0.0538 e. The minimum absolute atomic E-state index is 0.709. The molecule has 40 heavy (non-hydrogen) atoms. The van der Waals surface area contributed by atoms with Crippen LogP contribution in [0, 0.1) is 5.92 Å². The predicted octanol–water partition coefficient (Wildman–Crippen LogP) is 8.52. The average molecular weight is 505 g/mol. The Morgan fingerprint density at radius 1 is 0.350 bits per heavy atom. The fourth-order valence-corrected chi connectivity index (χ4v) is 14.7. The molecule has 4 unspecified atom stereocenters. The summed E-state index contributed by atoms with van der Waals surface area (Å²) in [5.41, 5.74) is 20.4. The second kappa shape index (κ2) is 4.57. The van der Waals surface area contributed by atoms with E-state index in [1.165, 1.54) is 64.2 Å². The van der Waals surface area contributed by atoms with Gasteiger partial charge in [0.25, 0.3) is 0 Å². The molecule has 0 heteroatoms. The van der Waals surface area contributed by atoms with Crippen molar-refractivity contribution in [3.8, 4) is 0 Å². The van der Waals surface area contributed by atoms with Crippen LogP contribution in [0.5, 0.6) is 0 Å². The van der Waals surface area contributed by atoms with Crippen molar-refractivity contribution in [3.63, 3.8) is 0 Å². The molecule has 16 rings (SSSR count). The zero-order valence-electron chi connectivity index (χ0n) is 22.4. The Labute approximate surface area is 229 Å². The first kappa shape index (κ1) is 17.4. The SMILES string of the molecule is C1Cc2c3c4c5c(c6c7c8c(c9c%10c8c8c%11c%12c%13c%14c%15c(c2c4c(c%15%11)c8c75)=C1C%14CCC%13C(CC9)C%10%12)CC6)CC3. The van der Waals surface area contributed by atoms with Crippen LogP contribution in [0.1, 0.15) is 99.1 Å². The van der Waals surface area contributed by atoms with Crippen molar-refractivity contribution in [1.82, 2.24) is 0 Å². The smallest absolute Gasteiger partial charge is 0.0142 e. The van der Waals surface area contributed by atoms with Crippen LogP contribution in [-0.2, 0) is 38.5 Å². The monoisotopic (exact) mass is 504 g/mol. The normalized spacial score (nSPS) is 28.9. The first-order valence-electron chi connectivity index (χ1n) is 16.6. The van der Waals surface area contributed by atoms with E-state index in [0.717, 1.165) is 17.8 Å². The lowest BCUT2D eigenvalue weighted by Gasteiger charge is -2.35. The molecule has 0 fully saturated rings. The van der Waals surface area contributed by atoms with Crippen molar-refractivity contribution in [1.29, 1.82) is 0 Å². The molecule has 0 amide bonds. The van der Waals surface area contributed by atoms with Gasteiger partial charge in [0.15, 0.2) is 0 Å². The molecule has 0 saturated heterocycles. The van der Waals surface area contributed by atoms with E-state index in [0.29, 0.717) is 5.92 Å². The van der Waals surface area contributed by atoms with Gasteiger partial charge in [-0.05, 0) is 212 Å². The van der Waals surface area contributed by atoms with E-state index in [2.05, 4.69) is 0 Å². The highest BCUT2D eigenvalue weighted by Gasteiger charge is 2.55. The lowest BCUT2D eigenvalue weighted by Crippen LogP contribution is -2.23. The van der Waals surface area contributed by atoms with E-state index in [1.807, 2.05) is 39.0 Å². The number of hydrogen-bond donors (Lipinski definition) is 0. The molecule has 0 saturated carbocycles. The first-order valence-corrected chi connectivity index (χ1v) is 16.6. The van der Waals surface area contributed by atoms with Crippen LogP contribution >= 0.6 is 0 Å². The summed E-state index contributed by atoms with van der Waals surface area (Å²) < 4.78 is 0. The summed E-state index contributed by atoms with van der Waals surface area (Å²) in [7, 11) is 0. The maximum absolute atomic E-state index is 1.93. The Morgan fingerprint density at radius 2 is 0.925 bits per heavy atom. The van der Waals surface area contributed by atoms with E-state index < -0.39 is 0 Å². The molecule has 8 aromatic carbocycles. The molecular weight excluding hydrogens is 480 g/mol. The van der Waals surface area contributed by atoms with Gasteiger partial charge in [-0.1, -0.05) is 5.57 Å². The summed E-state index contributed by atoms with van der Waals surface area (Å²) in [5.74, 6) is 3.14. The Bertz CT molecular complexity index is 2820. The molecular formula is C40H24. The van der Waals surface area contributed by atoms with Gasteiger partial charge in [-0.2, -0.15) is 0 Å². The van der Waals surface area contributed by atoms with Gasteiger partial charge < -0.3 is 0 Å². The van der Waals surface area contributed by atoms with E-state index in [1.54, 1.807) is 103 Å². The molecule has 0 nitrogen and oxygen atoms in total. The second-order valence-electron chi connectivity index (χ2n) is 15.6. The largest absolute Gasteiger partial charge is 0.0538 e. The summed E-state index contributed by atoms with van der Waals surface area (Å²) in [5, 5.41) is 26.6. The summed E-state index contributed by atoms with van der Waals surface area (Å²) in [6.07, 6.45) is 13.5. The van der Waals surface area contributed by atoms with Crippen molar-refractivity contribution >= 4 is 81.0 Å². The zero-order valence-corrected chi connectivity index (χ0v) is 22.4. The lowest BCUT2D eigenvalue weighted by atomic mass is 9.69. The van der Waals surface area contributed by atoms with Gasteiger partial charge in [0, 0.05) is 11.8 Å². The molecule has 8 aliphatic carbocycles. The quantitative estimate of drug-likeness (QED) is 0.182. The number of rotatable bonds is 0. The van der Waals surface area contributed by atoms with Gasteiger partial charge in [0.05, 0.1) is 0 Å². The molecule has 0 aromatic heterocycles. The Balaban J connectivity index is 1.45. The average Bonchev–Trinajstić information content (AvgIpc) is 3.79. The highest BCUT2D eigenvalue weighted by molar-refractivity contribution is 6.55. The van der Waals surface area contributed by atoms with Crippen LogP contribution in [0.2, 0.25) is 0 Å². The van der Waals surface area contributed by atoms with E-state index in [-0.39, 0.29) is 0 Å². The van der Waals surface area contributed by atoms with Crippen molar-refractivity contribution < 1.29 is 0 Å². The molecule has 8 aliphatic rings. The van der Waals surface area contributed by atoms with Crippen molar-refractivity contribution in [2.45, 2.75) is 82.0 Å². The molecule has 0 spiro atoms. The fraction of sp³-hybridized carbons (Fsp3) is 0.350. The van der Waals surface area contributed by atoms with E-state index >= 15 is 0 Å². The Kier molecular flexibility index (Phi) is 1.99. The van der Waals surface area contributed by atoms with E-state index in [4.69, 9.17) is 0 Å². The molecule has 184 valence electrons. The van der Waals surface area contributed by atoms with Gasteiger partial charge >= 0.3 is 0 Å². The minimum atomic E-state index is 0.709. The predicted molar refractivity (Wildman–Crippen MR) is 164 cm³/mol. The number of aryl methyl sites for hydroxylation is 5. The van der Waals surface area contributed by atoms with E-state index in [9.17, 15) is 0 Å². The number of benzene rings is 4. The number of fused-ring (bicyclic) bond motifs is 5. The topological polar surface area (TPSA) is 0 Å². The summed E-state index contributed by atoms with van der Waals surface area (Å²) in [6, 6.07) is 0. The van der Waals surface area contributed by atoms with Gasteiger partial charge in [-0.15, -0.1) is 0 Å². The summed E-state index contributed by atoms with van der Waals surface area (Å²) >= 11 is 0. The standard InChI is InChI=1S/C40H24/c1-2-12-14-5-6-16-18-9-10-20-19-8-7-17-15-4-3-13-11(1)21-22(12)32-24(14)26(16)34-29(18)30(20)35-28(19)27(17)33-25(15)23(13)31(21)36-37(32)39(34)40(35)38(33)36/h11-13,23H,1-10H2. The number of hydrogen-bond acceptors (Lipinski definition) is 0. The fourth-order valence-electron chi connectivity index (χ4n) is 14.7. The van der Waals surface area contributed by atoms with Crippen LogP contribution in [-0.4, -0.2) is 0 Å². The molecule has 0 N–H and O–H groups in total. The van der Waals surface area contributed by atoms with Crippen LogP contribution < -0.4 is 5.22 Å². The third kappa shape index (κ3) is 1.19. The van der Waals surface area contributed by atoms with Crippen LogP contribution in [0.4, 0.5) is 0 Å². The molecule has 4 atom stereocenters. The molecule has 0 heterocycles. The van der Waals surface area contributed by atoms with Crippen molar-refractivity contribution in [2.75, 3.05) is 0 Å². The lowest BCUT2D eigenvalue weighted by molar-refractivity contribution is 0.343. The first-order chi connectivity index (χ1) is 19.9. The molecule has 8 aromatic rings. The molecule has 0 radical (unpaired) electrons. The van der Waals surface area contributed by atoms with Gasteiger partial charge in [-0.3, -0.25) is 0 Å². The van der Waals surface area contributed by atoms with Gasteiger partial charge in [-0.25, -0.2) is 0 Å². The van der Waals surface area contributed by atoms with Crippen LogP contribution in [0.15, 0.2) is 0 Å². The summed E-state index contributed by atoms with van der Waals surface area (Å²) in [6.45, 7) is 0. The maximum Gasteiger partial charge on any atom is 0.0142 e. The second-order valence-corrected chi connectivity index (χ2v) is 15.6. The third-order valence-corrected chi connectivity index (χ3v) is 15.2. The Hall–Kier alpha value is -3.38. The van der Waals surface area contributed by atoms with Crippen molar-refractivity contribution in [2.24, 2.45) is 5.92 Å².